The first kappa shape index (κ1) is 20.7. The summed E-state index contributed by atoms with van der Waals surface area (Å²) in [5, 5.41) is 15.5. The van der Waals surface area contributed by atoms with Crippen molar-refractivity contribution in [1.82, 2.24) is 25.4 Å². The SMILES string of the molecule is CCNC(=NCC(OC)C(C)(C)C)NCCc1nnc2n1CCCCC2. The van der Waals surface area contributed by atoms with E-state index in [1.54, 1.807) is 7.11 Å². The van der Waals surface area contributed by atoms with Gasteiger partial charge >= 0.3 is 0 Å². The Balaban J connectivity index is 1.90. The number of aliphatic imine (C=N–C) groups is 1. The van der Waals surface area contributed by atoms with Crippen molar-refractivity contribution >= 4 is 5.96 Å². The van der Waals surface area contributed by atoms with Crippen molar-refractivity contribution in [3.8, 4) is 0 Å². The summed E-state index contributed by atoms with van der Waals surface area (Å²) < 4.78 is 7.90. The van der Waals surface area contributed by atoms with Gasteiger partial charge < -0.3 is 19.9 Å². The first-order valence-corrected chi connectivity index (χ1v) is 9.91. The van der Waals surface area contributed by atoms with Crippen LogP contribution in [0.15, 0.2) is 4.99 Å². The van der Waals surface area contributed by atoms with Crippen LogP contribution in [-0.2, 0) is 24.1 Å². The molecule has 1 aromatic rings. The lowest BCUT2D eigenvalue weighted by Gasteiger charge is -2.28. The zero-order valence-corrected chi connectivity index (χ0v) is 17.1. The molecule has 0 saturated heterocycles. The molecule has 7 nitrogen and oxygen atoms in total. The first-order valence-electron chi connectivity index (χ1n) is 9.91. The van der Waals surface area contributed by atoms with Crippen molar-refractivity contribution in [2.75, 3.05) is 26.7 Å². The van der Waals surface area contributed by atoms with E-state index in [0.717, 1.165) is 50.1 Å². The number of nitrogens with zero attached hydrogens (tertiary/aromatic N) is 4. The van der Waals surface area contributed by atoms with Gasteiger partial charge in [0, 0.05) is 39.6 Å². The van der Waals surface area contributed by atoms with Crippen molar-refractivity contribution < 1.29 is 4.74 Å². The van der Waals surface area contributed by atoms with E-state index in [2.05, 4.69) is 53.1 Å². The molecule has 1 aliphatic rings. The van der Waals surface area contributed by atoms with Crippen LogP contribution in [0.5, 0.6) is 0 Å². The third kappa shape index (κ3) is 5.97. The number of aryl methyl sites for hydroxylation is 1. The lowest BCUT2D eigenvalue weighted by atomic mass is 9.89. The van der Waals surface area contributed by atoms with Gasteiger partial charge in [0.15, 0.2) is 5.96 Å². The fourth-order valence-corrected chi connectivity index (χ4v) is 3.24. The van der Waals surface area contributed by atoms with E-state index in [4.69, 9.17) is 9.73 Å². The average molecular weight is 365 g/mol. The second-order valence-electron chi connectivity index (χ2n) is 7.98. The van der Waals surface area contributed by atoms with Gasteiger partial charge in [0.05, 0.1) is 12.6 Å². The molecule has 26 heavy (non-hydrogen) atoms. The van der Waals surface area contributed by atoms with Crippen molar-refractivity contribution in [3.05, 3.63) is 11.6 Å². The van der Waals surface area contributed by atoms with E-state index < -0.39 is 0 Å². The van der Waals surface area contributed by atoms with Crippen LogP contribution < -0.4 is 10.6 Å². The lowest BCUT2D eigenvalue weighted by molar-refractivity contribution is 0.0241. The maximum Gasteiger partial charge on any atom is 0.191 e. The zero-order valence-electron chi connectivity index (χ0n) is 17.1. The van der Waals surface area contributed by atoms with Crippen LogP contribution in [0.25, 0.3) is 0 Å². The minimum Gasteiger partial charge on any atom is -0.379 e. The summed E-state index contributed by atoms with van der Waals surface area (Å²) in [4.78, 5) is 4.70. The highest BCUT2D eigenvalue weighted by molar-refractivity contribution is 5.79. The molecule has 0 amide bonds. The first-order chi connectivity index (χ1) is 12.5. The number of guanidine groups is 1. The summed E-state index contributed by atoms with van der Waals surface area (Å²) in [5.41, 5.74) is 0.0642. The predicted molar refractivity (Wildman–Crippen MR) is 106 cm³/mol. The van der Waals surface area contributed by atoms with Crippen LogP contribution >= 0.6 is 0 Å². The number of fused-ring (bicyclic) bond motifs is 1. The number of aromatic nitrogens is 3. The maximum absolute atomic E-state index is 5.60. The topological polar surface area (TPSA) is 76.4 Å². The monoisotopic (exact) mass is 364 g/mol. The molecular weight excluding hydrogens is 328 g/mol. The molecule has 0 bridgehead atoms. The minimum absolute atomic E-state index is 0.0642. The minimum atomic E-state index is 0.0642. The molecule has 0 spiro atoms. The third-order valence-corrected chi connectivity index (χ3v) is 4.84. The third-order valence-electron chi connectivity index (χ3n) is 4.84. The van der Waals surface area contributed by atoms with Gasteiger partial charge in [-0.05, 0) is 25.2 Å². The lowest BCUT2D eigenvalue weighted by Crippen LogP contribution is -2.40. The number of hydrogen-bond donors (Lipinski definition) is 2. The molecule has 2 N–H and O–H groups in total. The Kier molecular flexibility index (Phi) is 7.87. The van der Waals surface area contributed by atoms with E-state index in [1.165, 1.54) is 19.3 Å². The average Bonchev–Trinajstić information content (AvgIpc) is 2.81. The van der Waals surface area contributed by atoms with Crippen molar-refractivity contribution in [3.63, 3.8) is 0 Å². The summed E-state index contributed by atoms with van der Waals surface area (Å²) in [6.07, 6.45) is 5.72. The van der Waals surface area contributed by atoms with Gasteiger partial charge in [-0.25, -0.2) is 0 Å². The normalized spacial score (nSPS) is 16.7. The molecule has 1 aliphatic heterocycles. The summed E-state index contributed by atoms with van der Waals surface area (Å²) >= 11 is 0. The second kappa shape index (κ2) is 9.90. The number of nitrogens with one attached hydrogen (secondary N) is 2. The molecular formula is C19H36N6O. The Morgan fingerprint density at radius 1 is 1.23 bits per heavy atom. The molecule has 0 fully saturated rings. The van der Waals surface area contributed by atoms with Gasteiger partial charge in [-0.1, -0.05) is 27.2 Å². The molecule has 2 heterocycles. The number of ether oxygens (including phenoxy) is 1. The van der Waals surface area contributed by atoms with Crippen LogP contribution in [0.1, 0.15) is 58.6 Å². The van der Waals surface area contributed by atoms with E-state index in [1.807, 2.05) is 0 Å². The van der Waals surface area contributed by atoms with E-state index in [9.17, 15) is 0 Å². The van der Waals surface area contributed by atoms with Crippen molar-refractivity contribution in [2.24, 2.45) is 10.4 Å². The van der Waals surface area contributed by atoms with Gasteiger partial charge in [0.25, 0.3) is 0 Å². The van der Waals surface area contributed by atoms with Crippen LogP contribution in [0, 0.1) is 5.41 Å². The Morgan fingerprint density at radius 2 is 2.04 bits per heavy atom. The summed E-state index contributed by atoms with van der Waals surface area (Å²) in [6.45, 7) is 11.9. The molecule has 1 unspecified atom stereocenters. The second-order valence-corrected chi connectivity index (χ2v) is 7.98. The molecule has 1 atom stereocenters. The highest BCUT2D eigenvalue weighted by Gasteiger charge is 2.24. The molecule has 7 heteroatoms. The van der Waals surface area contributed by atoms with Gasteiger partial charge in [0.2, 0.25) is 0 Å². The van der Waals surface area contributed by atoms with Gasteiger partial charge in [-0.15, -0.1) is 10.2 Å². The summed E-state index contributed by atoms with van der Waals surface area (Å²) in [7, 11) is 1.75. The molecule has 0 saturated carbocycles. The summed E-state index contributed by atoms with van der Waals surface area (Å²) in [6, 6.07) is 0. The van der Waals surface area contributed by atoms with Crippen molar-refractivity contribution in [2.45, 2.75) is 72.4 Å². The number of methoxy groups -OCH3 is 1. The van der Waals surface area contributed by atoms with Gasteiger partial charge in [-0.2, -0.15) is 0 Å². The van der Waals surface area contributed by atoms with Crippen molar-refractivity contribution in [1.29, 1.82) is 0 Å². The summed E-state index contributed by atoms with van der Waals surface area (Å²) in [5.74, 6) is 3.05. The number of rotatable bonds is 7. The van der Waals surface area contributed by atoms with E-state index >= 15 is 0 Å². The molecule has 0 aromatic carbocycles. The molecule has 1 aromatic heterocycles. The predicted octanol–water partition coefficient (Wildman–Crippen LogP) is 2.16. The van der Waals surface area contributed by atoms with Crippen LogP contribution in [0.2, 0.25) is 0 Å². The van der Waals surface area contributed by atoms with Crippen LogP contribution in [0.4, 0.5) is 0 Å². The van der Waals surface area contributed by atoms with E-state index in [0.29, 0.717) is 6.54 Å². The Bertz CT molecular complexity index is 575. The molecule has 0 aliphatic carbocycles. The van der Waals surface area contributed by atoms with Crippen LogP contribution in [-0.4, -0.2) is 53.6 Å². The highest BCUT2D eigenvalue weighted by atomic mass is 16.5. The van der Waals surface area contributed by atoms with Gasteiger partial charge in [0.1, 0.15) is 11.6 Å². The number of hydrogen-bond acceptors (Lipinski definition) is 4. The Hall–Kier alpha value is -1.63. The standard InChI is InChI=1S/C19H36N6O/c1-6-20-18(22-14-15(26-5)19(2,3)4)21-12-11-17-24-23-16-10-8-7-9-13-25(16)17/h15H,6-14H2,1-5H3,(H2,20,21,22). The molecule has 148 valence electrons. The Morgan fingerprint density at radius 3 is 2.73 bits per heavy atom. The smallest absolute Gasteiger partial charge is 0.191 e. The maximum atomic E-state index is 5.60. The largest absolute Gasteiger partial charge is 0.379 e. The molecule has 2 rings (SSSR count). The zero-order chi connectivity index (χ0) is 19.0. The highest BCUT2D eigenvalue weighted by Crippen LogP contribution is 2.21. The quantitative estimate of drug-likeness (QED) is 0.573. The fourth-order valence-electron chi connectivity index (χ4n) is 3.24. The van der Waals surface area contributed by atoms with Gasteiger partial charge in [-0.3, -0.25) is 4.99 Å². The molecule has 0 radical (unpaired) electrons. The Labute approximate surface area is 158 Å². The van der Waals surface area contributed by atoms with Crippen LogP contribution in [0.3, 0.4) is 0 Å². The fraction of sp³-hybridized carbons (Fsp3) is 0.842. The van der Waals surface area contributed by atoms with E-state index in [-0.39, 0.29) is 11.5 Å².